The number of nitrogens with zero attached hydrogens (tertiary/aromatic N) is 3. The Hall–Kier alpha value is -3.13. The van der Waals surface area contributed by atoms with Crippen LogP contribution < -0.4 is 15.4 Å². The minimum atomic E-state index is -0.0149. The molecule has 4 rings (SSSR count). The first-order valence-corrected chi connectivity index (χ1v) is 9.89. The highest BCUT2D eigenvalue weighted by Gasteiger charge is 2.18. The highest BCUT2D eigenvalue weighted by atomic mass is 32.1. The molecule has 0 atom stereocenters. The van der Waals surface area contributed by atoms with E-state index in [-0.39, 0.29) is 6.03 Å². The molecule has 0 unspecified atom stereocenters. The van der Waals surface area contributed by atoms with E-state index < -0.39 is 0 Å². The van der Waals surface area contributed by atoms with Gasteiger partial charge in [0.05, 0.1) is 17.7 Å². The van der Waals surface area contributed by atoms with Crippen LogP contribution >= 0.6 is 11.3 Å². The summed E-state index contributed by atoms with van der Waals surface area (Å²) >= 11 is 1.66. The number of nitrogens with one attached hydrogen (secondary N) is 2. The van der Waals surface area contributed by atoms with Crippen LogP contribution in [0.2, 0.25) is 0 Å². The third-order valence-electron chi connectivity index (χ3n) is 4.50. The SMILES string of the molecule is COc1ccccc1-c1ccc(-c2ccnc(NCCN3CCNC3=O)n2)s1. The summed E-state index contributed by atoms with van der Waals surface area (Å²) in [5, 5.41) is 5.99. The number of methoxy groups -OCH3 is 1. The Morgan fingerprint density at radius 3 is 2.89 bits per heavy atom. The van der Waals surface area contributed by atoms with Crippen molar-refractivity contribution in [2.45, 2.75) is 0 Å². The summed E-state index contributed by atoms with van der Waals surface area (Å²) in [5.74, 6) is 1.41. The molecule has 0 radical (unpaired) electrons. The summed E-state index contributed by atoms with van der Waals surface area (Å²) in [7, 11) is 1.68. The van der Waals surface area contributed by atoms with Crippen LogP contribution in [0.3, 0.4) is 0 Å². The average Bonchev–Trinajstić information content (AvgIpc) is 3.38. The van der Waals surface area contributed by atoms with Gasteiger partial charge in [0.1, 0.15) is 5.75 Å². The summed E-state index contributed by atoms with van der Waals surface area (Å²) in [6.45, 7) is 2.67. The van der Waals surface area contributed by atoms with E-state index in [1.165, 1.54) is 0 Å². The highest BCUT2D eigenvalue weighted by molar-refractivity contribution is 7.18. The van der Waals surface area contributed by atoms with Gasteiger partial charge in [-0.1, -0.05) is 12.1 Å². The van der Waals surface area contributed by atoms with Gasteiger partial charge >= 0.3 is 6.03 Å². The van der Waals surface area contributed by atoms with E-state index >= 15 is 0 Å². The number of para-hydroxylation sites is 1. The average molecular weight is 395 g/mol. The molecule has 0 bridgehead atoms. The number of rotatable bonds is 7. The largest absolute Gasteiger partial charge is 0.496 e. The Morgan fingerprint density at radius 1 is 1.21 bits per heavy atom. The fourth-order valence-electron chi connectivity index (χ4n) is 3.08. The summed E-state index contributed by atoms with van der Waals surface area (Å²) in [6, 6.07) is 14.0. The van der Waals surface area contributed by atoms with Crippen LogP contribution in [-0.2, 0) is 0 Å². The normalized spacial score (nSPS) is 13.5. The maximum Gasteiger partial charge on any atom is 0.317 e. The van der Waals surface area contributed by atoms with E-state index in [0.717, 1.165) is 33.3 Å². The Bertz CT molecular complexity index is 974. The monoisotopic (exact) mass is 395 g/mol. The van der Waals surface area contributed by atoms with E-state index in [2.05, 4.69) is 38.8 Å². The van der Waals surface area contributed by atoms with Crippen molar-refractivity contribution in [2.75, 3.05) is 38.6 Å². The van der Waals surface area contributed by atoms with Crippen molar-refractivity contribution in [2.24, 2.45) is 0 Å². The Labute approximate surface area is 167 Å². The van der Waals surface area contributed by atoms with Gasteiger partial charge in [-0.3, -0.25) is 0 Å². The predicted octanol–water partition coefficient (Wildman–Crippen LogP) is 3.32. The van der Waals surface area contributed by atoms with E-state index in [9.17, 15) is 4.79 Å². The quantitative estimate of drug-likeness (QED) is 0.642. The molecule has 8 heteroatoms. The second-order valence-electron chi connectivity index (χ2n) is 6.28. The Balaban J connectivity index is 1.46. The molecule has 0 aliphatic carbocycles. The number of urea groups is 1. The third kappa shape index (κ3) is 3.91. The molecule has 144 valence electrons. The Kier molecular flexibility index (Phi) is 5.38. The van der Waals surface area contributed by atoms with Crippen LogP contribution in [0.1, 0.15) is 0 Å². The fourth-order valence-corrected chi connectivity index (χ4v) is 4.08. The number of hydrogen-bond donors (Lipinski definition) is 2. The minimum absolute atomic E-state index is 0.0149. The van der Waals surface area contributed by atoms with E-state index in [0.29, 0.717) is 25.6 Å². The van der Waals surface area contributed by atoms with Gasteiger partial charge in [0.2, 0.25) is 5.95 Å². The van der Waals surface area contributed by atoms with Gasteiger partial charge in [-0.2, -0.15) is 0 Å². The smallest absolute Gasteiger partial charge is 0.317 e. The van der Waals surface area contributed by atoms with Crippen LogP contribution in [0.15, 0.2) is 48.7 Å². The lowest BCUT2D eigenvalue weighted by Gasteiger charge is -2.14. The maximum atomic E-state index is 11.6. The molecule has 2 N–H and O–H groups in total. The van der Waals surface area contributed by atoms with Crippen molar-refractivity contribution in [3.8, 4) is 26.8 Å². The van der Waals surface area contributed by atoms with Crippen molar-refractivity contribution in [1.29, 1.82) is 0 Å². The lowest BCUT2D eigenvalue weighted by atomic mass is 10.1. The Morgan fingerprint density at radius 2 is 2.07 bits per heavy atom. The third-order valence-corrected chi connectivity index (χ3v) is 5.64. The molecule has 1 aliphatic rings. The molecular formula is C20H21N5O2S. The van der Waals surface area contributed by atoms with Crippen molar-refractivity contribution in [1.82, 2.24) is 20.2 Å². The van der Waals surface area contributed by atoms with Crippen LogP contribution in [0.5, 0.6) is 5.75 Å². The summed E-state index contributed by atoms with van der Waals surface area (Å²) in [5.41, 5.74) is 1.93. The van der Waals surface area contributed by atoms with Crippen molar-refractivity contribution in [3.63, 3.8) is 0 Å². The summed E-state index contributed by atoms with van der Waals surface area (Å²) in [6.07, 6.45) is 1.75. The number of benzene rings is 1. The zero-order valence-electron chi connectivity index (χ0n) is 15.5. The van der Waals surface area contributed by atoms with Crippen molar-refractivity contribution in [3.05, 3.63) is 48.7 Å². The van der Waals surface area contributed by atoms with E-state index in [4.69, 9.17) is 4.74 Å². The van der Waals surface area contributed by atoms with E-state index in [1.807, 2.05) is 24.3 Å². The predicted molar refractivity (Wildman–Crippen MR) is 111 cm³/mol. The molecule has 3 heterocycles. The molecule has 1 aromatic carbocycles. The van der Waals surface area contributed by atoms with E-state index in [1.54, 1.807) is 29.5 Å². The highest BCUT2D eigenvalue weighted by Crippen LogP contribution is 2.38. The minimum Gasteiger partial charge on any atom is -0.496 e. The molecule has 7 nitrogen and oxygen atoms in total. The standard InChI is InChI=1S/C20H21N5O2S/c1-27-16-5-3-2-4-14(16)17-6-7-18(28-17)15-8-9-21-19(24-15)22-10-12-25-13-11-23-20(25)26/h2-9H,10-13H2,1H3,(H,23,26)(H,21,22,24). The van der Waals surface area contributed by atoms with Crippen molar-refractivity contribution >= 4 is 23.3 Å². The van der Waals surface area contributed by atoms with Gasteiger partial charge in [0.15, 0.2) is 0 Å². The molecule has 1 fully saturated rings. The summed E-state index contributed by atoms with van der Waals surface area (Å²) < 4.78 is 5.47. The number of carbonyl (C=O) groups is 1. The molecule has 1 saturated heterocycles. The number of ether oxygens (including phenoxy) is 1. The van der Waals surface area contributed by atoms with Crippen LogP contribution in [-0.4, -0.2) is 54.2 Å². The van der Waals surface area contributed by atoms with Crippen LogP contribution in [0.4, 0.5) is 10.7 Å². The van der Waals surface area contributed by atoms with Crippen molar-refractivity contribution < 1.29 is 9.53 Å². The summed E-state index contributed by atoms with van der Waals surface area (Å²) in [4.78, 5) is 24.4. The van der Waals surface area contributed by atoms with Gasteiger partial charge in [0, 0.05) is 42.8 Å². The lowest BCUT2D eigenvalue weighted by Crippen LogP contribution is -2.32. The fraction of sp³-hybridized carbons (Fsp3) is 0.250. The maximum absolute atomic E-state index is 11.6. The second kappa shape index (κ2) is 8.26. The van der Waals surface area contributed by atoms with Crippen LogP contribution in [0, 0.1) is 0 Å². The first-order chi connectivity index (χ1) is 13.7. The molecule has 0 spiro atoms. The van der Waals surface area contributed by atoms with Gasteiger partial charge < -0.3 is 20.3 Å². The molecule has 28 heavy (non-hydrogen) atoms. The van der Waals surface area contributed by atoms with Gasteiger partial charge in [-0.25, -0.2) is 14.8 Å². The second-order valence-corrected chi connectivity index (χ2v) is 7.36. The first kappa shape index (κ1) is 18.2. The molecule has 2 aromatic heterocycles. The van der Waals surface area contributed by atoms with Crippen LogP contribution in [0.25, 0.3) is 21.0 Å². The zero-order valence-corrected chi connectivity index (χ0v) is 16.3. The molecule has 1 aliphatic heterocycles. The first-order valence-electron chi connectivity index (χ1n) is 9.08. The topological polar surface area (TPSA) is 79.4 Å². The number of aromatic nitrogens is 2. The van der Waals surface area contributed by atoms with Gasteiger partial charge in [0.25, 0.3) is 0 Å². The van der Waals surface area contributed by atoms with Gasteiger partial charge in [-0.15, -0.1) is 11.3 Å². The number of thiophene rings is 1. The molecule has 3 aromatic rings. The zero-order chi connectivity index (χ0) is 19.3. The number of anilines is 1. The number of carbonyl (C=O) groups excluding carboxylic acids is 1. The number of hydrogen-bond acceptors (Lipinski definition) is 6. The lowest BCUT2D eigenvalue weighted by molar-refractivity contribution is 0.219. The molecular weight excluding hydrogens is 374 g/mol. The van der Waals surface area contributed by atoms with Gasteiger partial charge in [-0.05, 0) is 30.3 Å². The molecule has 0 saturated carbocycles. The number of amides is 2. The molecule has 2 amide bonds.